The highest BCUT2D eigenvalue weighted by Gasteiger charge is 2.20. The van der Waals surface area contributed by atoms with Crippen LogP contribution >= 0.6 is 0 Å². The molecule has 2 aromatic rings. The lowest BCUT2D eigenvalue weighted by atomic mass is 9.96. The standard InChI is InChI=1S/C17H16O4/c1-19-15-8-12(10-18)14(9-16(15)20-2)13-5-3-4-11-6-7-21-17(11)13/h3-5,8-10H,6-7H2,1-2H3. The molecule has 0 saturated heterocycles. The average Bonchev–Trinajstić information content (AvgIpc) is 3.02. The van der Waals surface area contributed by atoms with Gasteiger partial charge in [0.15, 0.2) is 17.8 Å². The number of methoxy groups -OCH3 is 2. The molecule has 2 aromatic carbocycles. The Kier molecular flexibility index (Phi) is 3.52. The number of para-hydroxylation sites is 1. The van der Waals surface area contributed by atoms with E-state index in [1.165, 1.54) is 5.56 Å². The van der Waals surface area contributed by atoms with Gasteiger partial charge in [0.1, 0.15) is 5.75 Å². The number of aldehydes is 1. The Morgan fingerprint density at radius 2 is 1.86 bits per heavy atom. The second-order valence-electron chi connectivity index (χ2n) is 4.80. The SMILES string of the molecule is COc1cc(C=O)c(-c2cccc3c2OCC3)cc1OC. The van der Waals surface area contributed by atoms with Gasteiger partial charge in [0.2, 0.25) is 0 Å². The summed E-state index contributed by atoms with van der Waals surface area (Å²) in [5.74, 6) is 1.98. The molecule has 4 heteroatoms. The van der Waals surface area contributed by atoms with E-state index in [2.05, 4.69) is 0 Å². The van der Waals surface area contributed by atoms with Crippen molar-refractivity contribution >= 4 is 6.29 Å². The Bertz CT molecular complexity index is 691. The van der Waals surface area contributed by atoms with E-state index in [1.807, 2.05) is 24.3 Å². The molecule has 3 rings (SSSR count). The largest absolute Gasteiger partial charge is 0.493 e. The van der Waals surface area contributed by atoms with Crippen molar-refractivity contribution < 1.29 is 19.0 Å². The van der Waals surface area contributed by atoms with E-state index in [-0.39, 0.29) is 0 Å². The Morgan fingerprint density at radius 1 is 1.10 bits per heavy atom. The molecule has 0 atom stereocenters. The van der Waals surface area contributed by atoms with Crippen LogP contribution < -0.4 is 14.2 Å². The minimum absolute atomic E-state index is 0.539. The molecular weight excluding hydrogens is 268 g/mol. The van der Waals surface area contributed by atoms with Gasteiger partial charge in [-0.1, -0.05) is 18.2 Å². The number of fused-ring (bicyclic) bond motifs is 1. The van der Waals surface area contributed by atoms with Gasteiger partial charge in [-0.2, -0.15) is 0 Å². The van der Waals surface area contributed by atoms with E-state index in [0.29, 0.717) is 23.7 Å². The first-order valence-electron chi connectivity index (χ1n) is 6.74. The summed E-state index contributed by atoms with van der Waals surface area (Å²) in [5.41, 5.74) is 3.42. The molecule has 0 amide bonds. The number of hydrogen-bond donors (Lipinski definition) is 0. The summed E-state index contributed by atoms with van der Waals surface area (Å²) in [4.78, 5) is 11.4. The molecule has 1 aliphatic rings. The summed E-state index contributed by atoms with van der Waals surface area (Å²) in [5, 5.41) is 0. The summed E-state index contributed by atoms with van der Waals surface area (Å²) in [6.45, 7) is 0.677. The minimum atomic E-state index is 0.539. The summed E-state index contributed by atoms with van der Waals surface area (Å²) >= 11 is 0. The fourth-order valence-corrected chi connectivity index (χ4v) is 2.65. The van der Waals surface area contributed by atoms with E-state index in [0.717, 1.165) is 29.6 Å². The van der Waals surface area contributed by atoms with Crippen LogP contribution in [0.4, 0.5) is 0 Å². The normalized spacial score (nSPS) is 12.5. The fraction of sp³-hybridized carbons (Fsp3) is 0.235. The number of hydrogen-bond acceptors (Lipinski definition) is 4. The van der Waals surface area contributed by atoms with Gasteiger partial charge in [0.05, 0.1) is 20.8 Å². The molecule has 0 saturated carbocycles. The Morgan fingerprint density at radius 3 is 2.57 bits per heavy atom. The van der Waals surface area contributed by atoms with Crippen molar-refractivity contribution in [3.8, 4) is 28.4 Å². The van der Waals surface area contributed by atoms with Crippen LogP contribution in [0.15, 0.2) is 30.3 Å². The zero-order valence-electron chi connectivity index (χ0n) is 12.0. The molecule has 0 spiro atoms. The van der Waals surface area contributed by atoms with Crippen LogP contribution in [-0.4, -0.2) is 27.1 Å². The van der Waals surface area contributed by atoms with Gasteiger partial charge in [0, 0.05) is 17.5 Å². The monoisotopic (exact) mass is 284 g/mol. The second kappa shape index (κ2) is 5.48. The fourth-order valence-electron chi connectivity index (χ4n) is 2.65. The van der Waals surface area contributed by atoms with Crippen LogP contribution in [0.2, 0.25) is 0 Å². The second-order valence-corrected chi connectivity index (χ2v) is 4.80. The third-order valence-corrected chi connectivity index (χ3v) is 3.69. The van der Waals surface area contributed by atoms with E-state index in [4.69, 9.17) is 14.2 Å². The van der Waals surface area contributed by atoms with Crippen LogP contribution in [0.25, 0.3) is 11.1 Å². The van der Waals surface area contributed by atoms with Gasteiger partial charge in [-0.15, -0.1) is 0 Å². The molecule has 0 aromatic heterocycles. The van der Waals surface area contributed by atoms with E-state index in [9.17, 15) is 4.79 Å². The van der Waals surface area contributed by atoms with Crippen molar-refractivity contribution in [1.82, 2.24) is 0 Å². The molecule has 0 unspecified atom stereocenters. The molecule has 0 bridgehead atoms. The van der Waals surface area contributed by atoms with Crippen molar-refractivity contribution in [3.05, 3.63) is 41.5 Å². The predicted molar refractivity (Wildman–Crippen MR) is 79.6 cm³/mol. The van der Waals surface area contributed by atoms with Gasteiger partial charge in [-0.25, -0.2) is 0 Å². The van der Waals surface area contributed by atoms with Crippen LogP contribution in [0.1, 0.15) is 15.9 Å². The van der Waals surface area contributed by atoms with E-state index >= 15 is 0 Å². The van der Waals surface area contributed by atoms with Gasteiger partial charge in [0.25, 0.3) is 0 Å². The van der Waals surface area contributed by atoms with Crippen molar-refractivity contribution in [3.63, 3.8) is 0 Å². The van der Waals surface area contributed by atoms with Gasteiger partial charge in [-0.05, 0) is 23.3 Å². The number of rotatable bonds is 4. The quantitative estimate of drug-likeness (QED) is 0.809. The lowest BCUT2D eigenvalue weighted by Gasteiger charge is -2.14. The van der Waals surface area contributed by atoms with Crippen LogP contribution in [0.3, 0.4) is 0 Å². The first-order chi connectivity index (χ1) is 10.3. The van der Waals surface area contributed by atoms with Crippen LogP contribution in [0.5, 0.6) is 17.2 Å². The molecule has 1 aliphatic heterocycles. The zero-order chi connectivity index (χ0) is 14.8. The molecule has 0 radical (unpaired) electrons. The molecule has 1 heterocycles. The number of ether oxygens (including phenoxy) is 3. The molecule has 21 heavy (non-hydrogen) atoms. The molecule has 0 N–H and O–H groups in total. The number of benzene rings is 2. The molecule has 108 valence electrons. The maximum atomic E-state index is 11.4. The minimum Gasteiger partial charge on any atom is -0.493 e. The molecule has 0 fully saturated rings. The summed E-state index contributed by atoms with van der Waals surface area (Å²) in [7, 11) is 3.13. The zero-order valence-corrected chi connectivity index (χ0v) is 12.0. The summed E-state index contributed by atoms with van der Waals surface area (Å²) < 4.78 is 16.3. The highest BCUT2D eigenvalue weighted by Crippen LogP contribution is 2.41. The molecule has 0 aliphatic carbocycles. The highest BCUT2D eigenvalue weighted by atomic mass is 16.5. The smallest absolute Gasteiger partial charge is 0.161 e. The lowest BCUT2D eigenvalue weighted by Crippen LogP contribution is -1.96. The highest BCUT2D eigenvalue weighted by molar-refractivity contribution is 5.91. The van der Waals surface area contributed by atoms with Crippen molar-refractivity contribution in [2.75, 3.05) is 20.8 Å². The van der Waals surface area contributed by atoms with Crippen molar-refractivity contribution in [2.45, 2.75) is 6.42 Å². The first kappa shape index (κ1) is 13.5. The lowest BCUT2D eigenvalue weighted by molar-refractivity contribution is 0.112. The van der Waals surface area contributed by atoms with Crippen molar-refractivity contribution in [1.29, 1.82) is 0 Å². The van der Waals surface area contributed by atoms with E-state index in [1.54, 1.807) is 20.3 Å². The van der Waals surface area contributed by atoms with Crippen LogP contribution in [0, 0.1) is 0 Å². The maximum absolute atomic E-state index is 11.4. The summed E-state index contributed by atoms with van der Waals surface area (Å²) in [6.07, 6.45) is 1.72. The Labute approximate surface area is 123 Å². The maximum Gasteiger partial charge on any atom is 0.161 e. The Balaban J connectivity index is 2.23. The third-order valence-electron chi connectivity index (χ3n) is 3.69. The topological polar surface area (TPSA) is 44.8 Å². The average molecular weight is 284 g/mol. The van der Waals surface area contributed by atoms with Gasteiger partial charge < -0.3 is 14.2 Å². The molecular formula is C17H16O4. The number of carbonyl (C=O) groups is 1. The van der Waals surface area contributed by atoms with Gasteiger partial charge in [-0.3, -0.25) is 4.79 Å². The molecule has 4 nitrogen and oxygen atoms in total. The number of carbonyl (C=O) groups excluding carboxylic acids is 1. The van der Waals surface area contributed by atoms with Gasteiger partial charge >= 0.3 is 0 Å². The van der Waals surface area contributed by atoms with Crippen molar-refractivity contribution in [2.24, 2.45) is 0 Å². The van der Waals surface area contributed by atoms with E-state index < -0.39 is 0 Å². The first-order valence-corrected chi connectivity index (χ1v) is 6.74. The van der Waals surface area contributed by atoms with Crippen LogP contribution in [-0.2, 0) is 6.42 Å². The summed E-state index contributed by atoms with van der Waals surface area (Å²) in [6, 6.07) is 9.50. The predicted octanol–water partition coefficient (Wildman–Crippen LogP) is 3.12. The Hall–Kier alpha value is -2.49. The third kappa shape index (κ3) is 2.23.